The maximum absolute atomic E-state index is 11.3. The van der Waals surface area contributed by atoms with Gasteiger partial charge < -0.3 is 9.72 Å². The third-order valence-corrected chi connectivity index (χ3v) is 1.79. The van der Waals surface area contributed by atoms with E-state index >= 15 is 0 Å². The number of hydrogen-bond donors (Lipinski definition) is 1. The van der Waals surface area contributed by atoms with Crippen molar-refractivity contribution in [3.05, 3.63) is 10.3 Å². The van der Waals surface area contributed by atoms with Gasteiger partial charge >= 0.3 is 5.97 Å². The minimum atomic E-state index is -0.491. The van der Waals surface area contributed by atoms with Gasteiger partial charge in [0.15, 0.2) is 13.5 Å². The monoisotopic (exact) mass is 242 g/mol. The van der Waals surface area contributed by atoms with Crippen molar-refractivity contribution in [3.8, 4) is 0 Å². The molecular formula is C7H8BBrN2O2. The lowest BCUT2D eigenvalue weighted by Crippen LogP contribution is -2.14. The summed E-state index contributed by atoms with van der Waals surface area (Å²) in [6, 6.07) is 0. The molecule has 4 nitrogen and oxygen atoms in total. The number of carbonyl (C=O) groups is 1. The van der Waals surface area contributed by atoms with Gasteiger partial charge in [-0.05, 0) is 29.8 Å². The van der Waals surface area contributed by atoms with E-state index in [-0.39, 0.29) is 17.5 Å². The van der Waals surface area contributed by atoms with Crippen LogP contribution in [0.2, 0.25) is 0 Å². The Labute approximate surface area is 85.6 Å². The van der Waals surface area contributed by atoms with Crippen LogP contribution in [0.15, 0.2) is 4.60 Å². The van der Waals surface area contributed by atoms with Gasteiger partial charge in [-0.25, -0.2) is 9.78 Å². The smallest absolute Gasteiger partial charge is 0.359 e. The number of carbonyl (C=O) groups excluding carboxylic acids is 1. The molecule has 13 heavy (non-hydrogen) atoms. The van der Waals surface area contributed by atoms with Crippen molar-refractivity contribution in [2.45, 2.75) is 20.0 Å². The van der Waals surface area contributed by atoms with Crippen molar-refractivity contribution in [1.29, 1.82) is 0 Å². The second-order valence-electron chi connectivity index (χ2n) is 2.74. The van der Waals surface area contributed by atoms with Crippen molar-refractivity contribution in [3.63, 3.8) is 0 Å². The fourth-order valence-electron chi connectivity index (χ4n) is 0.774. The number of ether oxygens (including phenoxy) is 1. The molecule has 0 saturated heterocycles. The van der Waals surface area contributed by atoms with Crippen molar-refractivity contribution >= 4 is 35.5 Å². The number of imidazole rings is 1. The minimum Gasteiger partial charge on any atom is -0.458 e. The Morgan fingerprint density at radius 2 is 2.31 bits per heavy atom. The largest absolute Gasteiger partial charge is 0.458 e. The number of hydrogen-bond acceptors (Lipinski definition) is 3. The summed E-state index contributed by atoms with van der Waals surface area (Å²) in [5.41, 5.74) is 0.355. The van der Waals surface area contributed by atoms with E-state index in [1.165, 1.54) is 0 Å². The highest BCUT2D eigenvalue weighted by Gasteiger charge is 2.16. The first-order chi connectivity index (χ1) is 6.00. The Morgan fingerprint density at radius 1 is 1.69 bits per heavy atom. The van der Waals surface area contributed by atoms with Crippen molar-refractivity contribution < 1.29 is 9.53 Å². The van der Waals surface area contributed by atoms with Gasteiger partial charge in [0.2, 0.25) is 0 Å². The summed E-state index contributed by atoms with van der Waals surface area (Å²) >= 11 is 3.11. The van der Waals surface area contributed by atoms with Crippen LogP contribution in [0.1, 0.15) is 24.3 Å². The average Bonchev–Trinajstić information content (AvgIpc) is 2.28. The maximum Gasteiger partial charge on any atom is 0.359 e. The molecule has 1 N–H and O–H groups in total. The fraction of sp³-hybridized carbons (Fsp3) is 0.429. The molecule has 6 heteroatoms. The zero-order chi connectivity index (χ0) is 10.0. The van der Waals surface area contributed by atoms with E-state index in [2.05, 4.69) is 25.9 Å². The summed E-state index contributed by atoms with van der Waals surface area (Å²) in [6.45, 7) is 3.53. The van der Waals surface area contributed by atoms with E-state index in [0.29, 0.717) is 4.60 Å². The summed E-state index contributed by atoms with van der Waals surface area (Å²) in [7, 11) is 5.34. The lowest BCUT2D eigenvalue weighted by molar-refractivity contribution is 0.0370. The third kappa shape index (κ3) is 2.58. The molecule has 1 rings (SSSR count). The van der Waals surface area contributed by atoms with Gasteiger partial charge in [-0.3, -0.25) is 0 Å². The second-order valence-corrected chi connectivity index (χ2v) is 3.53. The maximum atomic E-state index is 11.3. The molecule has 2 radical (unpaired) electrons. The van der Waals surface area contributed by atoms with Gasteiger partial charge in [-0.15, -0.1) is 0 Å². The molecule has 0 saturated carbocycles. The van der Waals surface area contributed by atoms with Crippen LogP contribution >= 0.6 is 15.9 Å². The molecule has 0 aliphatic heterocycles. The molecular weight excluding hydrogens is 235 g/mol. The number of H-pyrrole nitrogens is 1. The van der Waals surface area contributed by atoms with Crippen molar-refractivity contribution in [2.24, 2.45) is 0 Å². The molecule has 68 valence electrons. The third-order valence-electron chi connectivity index (χ3n) is 1.21. The first-order valence-electron chi connectivity index (χ1n) is 3.72. The average molecular weight is 243 g/mol. The first-order valence-corrected chi connectivity index (χ1v) is 4.52. The quantitative estimate of drug-likeness (QED) is 0.608. The predicted molar refractivity (Wildman–Crippen MR) is 52.2 cm³/mol. The van der Waals surface area contributed by atoms with E-state index in [1.807, 2.05) is 0 Å². The lowest BCUT2D eigenvalue weighted by Gasteiger charge is -2.05. The van der Waals surface area contributed by atoms with Gasteiger partial charge in [0, 0.05) is 5.72 Å². The molecule has 0 amide bonds. The SMILES string of the molecule is [B]c1nc(C(=O)OC(C)C)c(Br)[nH]1. The van der Waals surface area contributed by atoms with E-state index < -0.39 is 5.97 Å². The summed E-state index contributed by atoms with van der Waals surface area (Å²) in [4.78, 5) is 17.7. The Kier molecular flexibility index (Phi) is 3.14. The fourth-order valence-corrected chi connectivity index (χ4v) is 1.23. The zero-order valence-corrected chi connectivity index (χ0v) is 8.88. The Balaban J connectivity index is 2.82. The highest BCUT2D eigenvalue weighted by molar-refractivity contribution is 9.10. The minimum absolute atomic E-state index is 0.169. The first kappa shape index (κ1) is 10.3. The van der Waals surface area contributed by atoms with Gasteiger partial charge in [-0.1, -0.05) is 0 Å². The van der Waals surface area contributed by atoms with Crippen LogP contribution in [0.5, 0.6) is 0 Å². The van der Waals surface area contributed by atoms with Gasteiger partial charge in [0.25, 0.3) is 0 Å². The standard InChI is InChI=1S/C7H8BBrN2O2/c1-3(2)13-6(12)4-5(9)11-7(8)10-4/h3H,1-2H3,(H,10,11). The normalized spacial score (nSPS) is 10.5. The van der Waals surface area contributed by atoms with Crippen LogP contribution in [0.4, 0.5) is 0 Å². The van der Waals surface area contributed by atoms with Gasteiger partial charge in [0.05, 0.1) is 6.10 Å². The highest BCUT2D eigenvalue weighted by Crippen LogP contribution is 2.11. The van der Waals surface area contributed by atoms with E-state index in [4.69, 9.17) is 12.6 Å². The summed E-state index contributed by atoms with van der Waals surface area (Å²) in [6.07, 6.45) is -0.169. The Morgan fingerprint density at radius 3 is 2.69 bits per heavy atom. The van der Waals surface area contributed by atoms with E-state index in [0.717, 1.165) is 0 Å². The summed E-state index contributed by atoms with van der Waals surface area (Å²) in [5.74, 6) is -0.491. The molecule has 0 unspecified atom stereocenters. The molecule has 1 heterocycles. The number of aromatic amines is 1. The molecule has 0 aliphatic carbocycles. The van der Waals surface area contributed by atoms with Gasteiger partial charge in [-0.2, -0.15) is 0 Å². The molecule has 0 spiro atoms. The molecule has 1 aromatic rings. The highest BCUT2D eigenvalue weighted by atomic mass is 79.9. The van der Waals surface area contributed by atoms with Crippen LogP contribution in [-0.4, -0.2) is 29.9 Å². The van der Waals surface area contributed by atoms with Crippen molar-refractivity contribution in [1.82, 2.24) is 9.97 Å². The van der Waals surface area contributed by atoms with Crippen LogP contribution in [0, 0.1) is 0 Å². The van der Waals surface area contributed by atoms with Crippen LogP contribution in [0.3, 0.4) is 0 Å². The summed E-state index contributed by atoms with van der Waals surface area (Å²) < 4.78 is 5.36. The zero-order valence-electron chi connectivity index (χ0n) is 7.30. The predicted octanol–water partition coefficient (Wildman–Crippen LogP) is 0.531. The molecule has 0 bridgehead atoms. The van der Waals surface area contributed by atoms with Crippen molar-refractivity contribution in [2.75, 3.05) is 0 Å². The van der Waals surface area contributed by atoms with E-state index in [9.17, 15) is 4.79 Å². The van der Waals surface area contributed by atoms with Crippen LogP contribution in [-0.2, 0) is 4.74 Å². The molecule has 0 fully saturated rings. The van der Waals surface area contributed by atoms with Crippen LogP contribution < -0.4 is 5.72 Å². The number of halogens is 1. The van der Waals surface area contributed by atoms with Crippen LogP contribution in [0.25, 0.3) is 0 Å². The number of aromatic nitrogens is 2. The summed E-state index contributed by atoms with van der Waals surface area (Å²) in [5, 5.41) is 0. The topological polar surface area (TPSA) is 55.0 Å². The molecule has 0 aliphatic rings. The van der Waals surface area contributed by atoms with Gasteiger partial charge in [0.1, 0.15) is 4.60 Å². The molecule has 1 aromatic heterocycles. The number of nitrogens with zero attached hydrogens (tertiary/aromatic N) is 1. The number of nitrogens with one attached hydrogen (secondary N) is 1. The molecule has 0 atom stereocenters. The van der Waals surface area contributed by atoms with E-state index in [1.54, 1.807) is 13.8 Å². The number of rotatable bonds is 2. The number of esters is 1. The second kappa shape index (κ2) is 3.96. The lowest BCUT2D eigenvalue weighted by atomic mass is 10.1. The Hall–Kier alpha value is -0.775. The molecule has 0 aromatic carbocycles. The Bertz CT molecular complexity index is 324.